The van der Waals surface area contributed by atoms with Gasteiger partial charge in [0.1, 0.15) is 80.1 Å². The first-order chi connectivity index (χ1) is 69.3. The summed E-state index contributed by atoms with van der Waals surface area (Å²) in [4.78, 5) is 82.1. The summed E-state index contributed by atoms with van der Waals surface area (Å²) in [6.45, 7) is 37.8. The van der Waals surface area contributed by atoms with E-state index in [1.807, 2.05) is 162 Å². The average molecular weight is 1900 g/mol. The van der Waals surface area contributed by atoms with Crippen molar-refractivity contribution in [3.8, 4) is 46.1 Å². The Morgan fingerprint density at radius 2 is 0.775 bits per heavy atom. The fourth-order valence-corrected chi connectivity index (χ4v) is 19.0. The molecule has 142 heavy (non-hydrogen) atoms. The minimum Gasteiger partial charge on any atom is -0.378 e. The van der Waals surface area contributed by atoms with E-state index in [9.17, 15) is 0 Å². The minimum atomic E-state index is 0.00887. The van der Waals surface area contributed by atoms with E-state index in [0.717, 1.165) is 273 Å². The summed E-state index contributed by atoms with van der Waals surface area (Å²) >= 11 is 0. The molecule has 724 valence electrons. The maximum atomic E-state index is 5.67. The van der Waals surface area contributed by atoms with Gasteiger partial charge in [-0.3, -0.25) is 32.6 Å². The molecule has 4 aliphatic rings. The zero-order chi connectivity index (χ0) is 97.3. The van der Waals surface area contributed by atoms with Crippen LogP contribution < -0.4 is 24.9 Å². The zero-order valence-electron chi connectivity index (χ0n) is 82.3. The van der Waals surface area contributed by atoms with E-state index in [-0.39, 0.29) is 18.1 Å². The summed E-state index contributed by atoms with van der Waals surface area (Å²) in [6, 6.07) is 41.9. The van der Waals surface area contributed by atoms with Crippen molar-refractivity contribution in [2.24, 2.45) is 0 Å². The third-order valence-electron chi connectivity index (χ3n) is 26.8. The van der Waals surface area contributed by atoms with Crippen LogP contribution in [0.2, 0.25) is 0 Å². The van der Waals surface area contributed by atoms with Crippen LogP contribution in [0, 0.1) is 27.7 Å². The van der Waals surface area contributed by atoms with Crippen LogP contribution in [-0.4, -0.2) is 281 Å². The smallest absolute Gasteiger partial charge is 0.203 e. The number of anilines is 5. The van der Waals surface area contributed by atoms with Gasteiger partial charge in [0.15, 0.2) is 46.1 Å². The number of rotatable bonds is 21. The lowest BCUT2D eigenvalue weighted by molar-refractivity contribution is 0.0985. The van der Waals surface area contributed by atoms with E-state index in [0.29, 0.717) is 57.5 Å². The van der Waals surface area contributed by atoms with Crippen molar-refractivity contribution in [1.29, 1.82) is 0 Å². The second-order valence-corrected chi connectivity index (χ2v) is 36.8. The molecular weight excluding hydrogens is 1790 g/mol. The molecule has 4 fully saturated rings. The molecule has 24 rings (SSSR count). The Morgan fingerprint density at radius 3 is 1.23 bits per heavy atom. The molecule has 18 aromatic heterocycles. The van der Waals surface area contributed by atoms with Crippen molar-refractivity contribution < 1.29 is 9.47 Å². The Kier molecular flexibility index (Phi) is 26.2. The van der Waals surface area contributed by atoms with Crippen LogP contribution in [0.25, 0.3) is 113 Å². The van der Waals surface area contributed by atoms with Crippen molar-refractivity contribution >= 4 is 95.7 Å². The van der Waals surface area contributed by atoms with Gasteiger partial charge in [0.2, 0.25) is 5.65 Å². The molecule has 1 N–H and O–H groups in total. The number of likely N-dealkylation sites (N-methyl/N-ethyl adjacent to an activating group) is 2. The summed E-state index contributed by atoms with van der Waals surface area (Å²) in [7, 11) is 4.34. The van der Waals surface area contributed by atoms with Crippen molar-refractivity contribution in [3.05, 3.63) is 246 Å². The topological polar surface area (TPSA) is 371 Å². The number of aromatic nitrogens is 30. The second kappa shape index (κ2) is 40.2. The first kappa shape index (κ1) is 92.6. The number of morpholine rings is 2. The highest BCUT2D eigenvalue weighted by atomic mass is 16.5. The van der Waals surface area contributed by atoms with Crippen LogP contribution >= 0.6 is 0 Å². The number of hydrogen-bond acceptors (Lipinski definition) is 31. The monoisotopic (exact) mass is 1900 g/mol. The van der Waals surface area contributed by atoms with E-state index >= 15 is 0 Å². The lowest BCUT2D eigenvalue weighted by Crippen LogP contribution is -2.44. The number of hydrogen-bond donors (Lipinski definition) is 1. The minimum absolute atomic E-state index is 0.00887. The van der Waals surface area contributed by atoms with Crippen LogP contribution in [0.5, 0.6) is 0 Å². The molecule has 2 aromatic carbocycles. The largest absolute Gasteiger partial charge is 0.378 e. The maximum Gasteiger partial charge on any atom is 0.203 e. The number of aryl methyl sites for hydroxylation is 7. The number of pyridine rings is 6. The number of fused-ring (bicyclic) bond motifs is 8. The molecule has 0 spiro atoms. The van der Waals surface area contributed by atoms with Crippen molar-refractivity contribution in [2.45, 2.75) is 133 Å². The predicted octanol–water partition coefficient (Wildman–Crippen LogP) is 13.0. The summed E-state index contributed by atoms with van der Waals surface area (Å²) in [5.74, 6) is 9.94. The fourth-order valence-electron chi connectivity index (χ4n) is 19.0. The lowest BCUT2D eigenvalue weighted by Gasteiger charge is -2.34. The van der Waals surface area contributed by atoms with Crippen LogP contribution in [0.4, 0.5) is 29.0 Å². The quantitative estimate of drug-likeness (QED) is 0.0698. The van der Waals surface area contributed by atoms with Crippen LogP contribution in [0.3, 0.4) is 0 Å². The number of imidazole rings is 4. The second-order valence-electron chi connectivity index (χ2n) is 36.8. The summed E-state index contributed by atoms with van der Waals surface area (Å²) in [6.07, 6.45) is 21.3. The van der Waals surface area contributed by atoms with E-state index in [2.05, 4.69) is 238 Å². The average Bonchev–Trinajstić information content (AvgIpc) is 1.59. The van der Waals surface area contributed by atoms with Gasteiger partial charge in [0.25, 0.3) is 0 Å². The van der Waals surface area contributed by atoms with E-state index in [1.54, 1.807) is 0 Å². The molecule has 0 saturated carbocycles. The van der Waals surface area contributed by atoms with Crippen LogP contribution in [-0.2, 0) is 48.4 Å². The fraction of sp³-hybridized carbons (Fsp3) is 0.359. The molecule has 39 heteroatoms. The molecule has 22 heterocycles. The molecular formula is C103H115N37O2. The van der Waals surface area contributed by atoms with Gasteiger partial charge >= 0.3 is 0 Å². The molecule has 39 nitrogen and oxygen atoms in total. The molecule has 2 atom stereocenters. The van der Waals surface area contributed by atoms with Gasteiger partial charge in [-0.05, 0) is 149 Å². The number of nitrogens with one attached hydrogen (secondary N) is 1. The van der Waals surface area contributed by atoms with Gasteiger partial charge in [-0.15, -0.1) is 40.8 Å². The van der Waals surface area contributed by atoms with E-state index in [1.165, 1.54) is 11.3 Å². The van der Waals surface area contributed by atoms with Gasteiger partial charge in [-0.1, -0.05) is 69.3 Å². The van der Waals surface area contributed by atoms with Gasteiger partial charge in [-0.25, -0.2) is 54.8 Å². The number of piperazine rings is 2. The Bertz CT molecular complexity index is 7670. The van der Waals surface area contributed by atoms with E-state index in [4.69, 9.17) is 64.3 Å². The molecule has 0 aliphatic carbocycles. The first-order valence-corrected chi connectivity index (χ1v) is 48.9. The summed E-state index contributed by atoms with van der Waals surface area (Å²) in [5.41, 5.74) is 21.8. The van der Waals surface area contributed by atoms with Gasteiger partial charge < -0.3 is 62.5 Å². The number of ether oxygens (including phenoxy) is 2. The summed E-state index contributed by atoms with van der Waals surface area (Å²) in [5, 5.41) is 37.8. The third-order valence-corrected chi connectivity index (χ3v) is 26.8. The Labute approximate surface area is 819 Å². The molecule has 0 radical (unpaired) electrons. The van der Waals surface area contributed by atoms with Gasteiger partial charge in [0.05, 0.1) is 138 Å². The molecule has 4 aliphatic heterocycles. The lowest BCUT2D eigenvalue weighted by atomic mass is 10.1. The van der Waals surface area contributed by atoms with Crippen LogP contribution in [0.15, 0.2) is 183 Å². The molecule has 0 unspecified atom stereocenters. The van der Waals surface area contributed by atoms with Gasteiger partial charge in [-0.2, -0.15) is 0 Å². The third kappa shape index (κ3) is 18.8. The highest BCUT2D eigenvalue weighted by Crippen LogP contribution is 2.38. The molecule has 4 saturated heterocycles. The SMILES string of the molecule is CCc1nc(-c2nc3ccc(N4CCN(C)CC4)cc3n2Cc2ccccn2)cn2c(C)nnc12.CCc1nc(-c2nc3cnc(N4CCN(C)CC4)cc3n2Cc2ccccn2)cn2c(C)nnc12.CCc1nc(-c2nc3cnc(N4CCOCC4)cc3n2Cc2ccccn2)cn2c(C)nnc12.Cc1nnc2c(NC(C)C)nc(-c3nc4cnc(N5CCOC[C@@H]5C)cc4n3[C@@H](C)c3ccccc3)cn12. The number of nitrogens with zero attached hydrogens (tertiary/aromatic N) is 36. The first-order valence-electron chi connectivity index (χ1n) is 48.9. The molecule has 0 bridgehead atoms. The predicted molar refractivity (Wildman–Crippen MR) is 548 cm³/mol. The maximum absolute atomic E-state index is 5.67. The Hall–Kier alpha value is -15.7. The zero-order valence-corrected chi connectivity index (χ0v) is 82.3. The van der Waals surface area contributed by atoms with Crippen LogP contribution in [0.1, 0.15) is 118 Å². The standard InChI is InChI=1S/C28H33N9O.C26H29N9.C25H28N10.C24H25N9O/c1-17(2)30-26-28-34-33-20(5)36(28)15-23(31-26)27-32-22-14-29-25(35-11-12-38-16-18(35)3)13-24(22)37(27)19(4)21-9-7-6-8-10-21;1-4-21-26-31-30-18(2)34(26)17-23(28-21)25-29-22-9-8-20(33-13-11-32(3)12-14-33)15-24(22)35(25)16-19-7-5-6-10-27-19;1-4-19-25-31-30-17(2)34(25)16-21(28-19)24-29-20-14-27-23(33-11-9-32(3)10-12-33)13-22(20)35(24)15-18-7-5-6-8-26-18;1-3-18-24-30-29-16(2)32(24)15-20(27-18)23-28-19-13-26-22(31-8-10-34-11-9-31)12-21(19)33(23)14-17-6-4-5-7-25-17/h6-10,13-15,17-19H,11-12,16H2,1-5H3,(H,30,31);5-10,15,17H,4,11-14,16H2,1-3H3;5-8,13-14,16H,4,9-12,15H2,1-3H3;4-7,12-13,15H,3,8-11,14H2,1-2H3/t18-,19-;;;/m0.../s1. The Morgan fingerprint density at radius 1 is 0.373 bits per heavy atom. The van der Waals surface area contributed by atoms with Crippen molar-refractivity contribution in [2.75, 3.05) is 137 Å². The molecule has 20 aromatic rings. The van der Waals surface area contributed by atoms with Gasteiger partial charge in [0, 0.05) is 145 Å². The highest BCUT2D eigenvalue weighted by molar-refractivity contribution is 5.87. The van der Waals surface area contributed by atoms with Crippen molar-refractivity contribution in [1.82, 2.24) is 156 Å². The number of benzene rings is 2. The molecule has 0 amide bonds. The normalized spacial score (nSPS) is 15.3. The Balaban J connectivity index is 0.000000112. The summed E-state index contributed by atoms with van der Waals surface area (Å²) < 4.78 is 28.1. The van der Waals surface area contributed by atoms with E-state index < -0.39 is 0 Å². The van der Waals surface area contributed by atoms with Crippen molar-refractivity contribution in [3.63, 3.8) is 0 Å². The highest BCUT2D eigenvalue weighted by Gasteiger charge is 2.31.